The standard InChI is InChI=1S/C18H19N2O4S.C3H5O.Y/c1-2-25(23,24)20-17-14-8-4-3-6-12(14)10-11-13-7-5-9-15(16(13)17)18(21)19-22;1-3(2)4;/h3-9,17,20,22H,1-2,10-11H2,(H,19,21);1H2,2H3;/q2*-1;. The van der Waals surface area contributed by atoms with E-state index in [1.807, 2.05) is 30.3 Å². The first-order valence-corrected chi connectivity index (χ1v) is 10.6. The maximum atomic E-state index is 12.2. The average molecular weight is 505 g/mol. The minimum Gasteiger partial charge on any atom is -0.340 e. The fraction of sp³-hybridized carbons (Fsp3) is 0.238. The number of sulfonamides is 1. The molecule has 0 aromatic heterocycles. The molecule has 0 aliphatic heterocycles. The molecule has 1 unspecified atom stereocenters. The second-order valence-corrected chi connectivity index (χ2v) is 8.46. The molecule has 0 saturated heterocycles. The first-order chi connectivity index (χ1) is 13.7. The van der Waals surface area contributed by atoms with E-state index in [4.69, 9.17) is 5.21 Å². The number of benzene rings is 2. The van der Waals surface area contributed by atoms with Gasteiger partial charge in [-0.25, -0.2) is 18.6 Å². The number of ketones is 1. The van der Waals surface area contributed by atoms with Gasteiger partial charge >= 0.3 is 0 Å². The molecule has 2 aromatic rings. The molecule has 1 atom stereocenters. The van der Waals surface area contributed by atoms with Crippen LogP contribution >= 0.6 is 0 Å². The van der Waals surface area contributed by atoms with Crippen molar-refractivity contribution in [1.29, 1.82) is 0 Å². The number of rotatable bonds is 4. The van der Waals surface area contributed by atoms with Gasteiger partial charge < -0.3 is 18.6 Å². The van der Waals surface area contributed by atoms with E-state index in [0.29, 0.717) is 12.0 Å². The number of fused-ring (bicyclic) bond motifs is 2. The minimum absolute atomic E-state index is 0. The number of amides is 1. The van der Waals surface area contributed by atoms with Gasteiger partial charge in [0.1, 0.15) is 0 Å². The van der Waals surface area contributed by atoms with Crippen molar-refractivity contribution in [2.75, 3.05) is 5.75 Å². The van der Waals surface area contributed by atoms with Crippen LogP contribution in [0.1, 0.15) is 45.6 Å². The van der Waals surface area contributed by atoms with Gasteiger partial charge in [-0.1, -0.05) is 42.2 Å². The molecule has 0 spiro atoms. The first kappa shape index (κ1) is 26.5. The van der Waals surface area contributed by atoms with Crippen LogP contribution in [0.4, 0.5) is 0 Å². The SMILES string of the molecule is [CH2-]C(C)=O.[CH2-]CS(=O)(=O)NC1c2ccccc2CCc2cccc(C(=O)NO)c21.[Y]. The van der Waals surface area contributed by atoms with Crippen molar-refractivity contribution >= 4 is 21.7 Å². The fourth-order valence-electron chi connectivity index (χ4n) is 3.26. The second kappa shape index (κ2) is 11.7. The molecule has 2 aromatic carbocycles. The quantitative estimate of drug-likeness (QED) is 0.335. The van der Waals surface area contributed by atoms with Crippen LogP contribution in [0, 0.1) is 13.8 Å². The number of carbonyl (C=O) groups is 2. The van der Waals surface area contributed by atoms with Gasteiger partial charge in [-0.15, -0.1) is 0 Å². The maximum absolute atomic E-state index is 12.2. The van der Waals surface area contributed by atoms with Crippen molar-refractivity contribution in [3.63, 3.8) is 0 Å². The molecule has 9 heteroatoms. The molecule has 1 amide bonds. The molecule has 3 N–H and O–H groups in total. The van der Waals surface area contributed by atoms with E-state index in [2.05, 4.69) is 18.6 Å². The monoisotopic (exact) mass is 505 g/mol. The molecule has 1 aliphatic carbocycles. The van der Waals surface area contributed by atoms with Gasteiger partial charge in [0.2, 0.25) is 0 Å². The summed E-state index contributed by atoms with van der Waals surface area (Å²) in [6, 6.07) is 12.0. The maximum Gasteiger partial charge on any atom is 0.274 e. The van der Waals surface area contributed by atoms with E-state index in [1.54, 1.807) is 17.6 Å². The zero-order chi connectivity index (χ0) is 21.6. The zero-order valence-corrected chi connectivity index (χ0v) is 20.4. The number of carbonyl (C=O) groups excluding carboxylic acids is 2. The van der Waals surface area contributed by atoms with E-state index in [9.17, 15) is 18.0 Å². The Morgan fingerprint density at radius 2 is 1.67 bits per heavy atom. The average Bonchev–Trinajstić information content (AvgIpc) is 2.84. The number of aryl methyl sites for hydroxylation is 2. The summed E-state index contributed by atoms with van der Waals surface area (Å²) in [5.74, 6) is -1.06. The summed E-state index contributed by atoms with van der Waals surface area (Å²) in [6.07, 6.45) is 1.40. The van der Waals surface area contributed by atoms with Crippen molar-refractivity contribution < 1.29 is 55.9 Å². The fourth-order valence-corrected chi connectivity index (χ4v) is 3.98. The predicted octanol–water partition coefficient (Wildman–Crippen LogP) is 2.15. The Labute approximate surface area is 202 Å². The van der Waals surface area contributed by atoms with Crippen LogP contribution in [0.25, 0.3) is 0 Å². The molecule has 1 radical (unpaired) electrons. The van der Waals surface area contributed by atoms with Crippen molar-refractivity contribution in [2.24, 2.45) is 0 Å². The van der Waals surface area contributed by atoms with E-state index >= 15 is 0 Å². The Kier molecular flexibility index (Phi) is 10.3. The molecule has 3 rings (SSSR count). The molecule has 30 heavy (non-hydrogen) atoms. The summed E-state index contributed by atoms with van der Waals surface area (Å²) >= 11 is 0. The number of hydroxylamine groups is 1. The predicted molar refractivity (Wildman–Crippen MR) is 110 cm³/mol. The van der Waals surface area contributed by atoms with Crippen molar-refractivity contribution in [1.82, 2.24) is 10.2 Å². The van der Waals surface area contributed by atoms with Gasteiger partial charge in [0.05, 0.1) is 6.04 Å². The van der Waals surface area contributed by atoms with Gasteiger partial charge in [0, 0.05) is 38.3 Å². The summed E-state index contributed by atoms with van der Waals surface area (Å²) in [4.78, 5) is 21.5. The summed E-state index contributed by atoms with van der Waals surface area (Å²) in [5, 5.41) is 9.07. The molecule has 7 nitrogen and oxygen atoms in total. The zero-order valence-electron chi connectivity index (χ0n) is 16.7. The van der Waals surface area contributed by atoms with E-state index in [-0.39, 0.29) is 49.8 Å². The van der Waals surface area contributed by atoms with E-state index in [1.165, 1.54) is 6.92 Å². The third-order valence-electron chi connectivity index (χ3n) is 4.43. The van der Waals surface area contributed by atoms with Gasteiger partial charge in [-0.2, -0.15) is 0 Å². The summed E-state index contributed by atoms with van der Waals surface area (Å²) in [7, 11) is -3.63. The largest absolute Gasteiger partial charge is 0.340 e. The molecular formula is C21H24N2O5SY-2. The van der Waals surface area contributed by atoms with Gasteiger partial charge in [-0.05, 0) is 53.9 Å². The molecule has 0 heterocycles. The van der Waals surface area contributed by atoms with Crippen LogP contribution < -0.4 is 10.2 Å². The molecule has 0 saturated carbocycles. The first-order valence-electron chi connectivity index (χ1n) is 8.96. The topological polar surface area (TPSA) is 113 Å². The minimum atomic E-state index is -3.63. The van der Waals surface area contributed by atoms with Crippen LogP contribution in [-0.4, -0.2) is 31.1 Å². The van der Waals surface area contributed by atoms with Crippen LogP contribution in [0.15, 0.2) is 42.5 Å². The molecule has 1 aliphatic rings. The Morgan fingerprint density at radius 1 is 1.10 bits per heavy atom. The summed E-state index contributed by atoms with van der Waals surface area (Å²) in [5.41, 5.74) is 5.15. The molecular weight excluding hydrogens is 481 g/mol. The summed E-state index contributed by atoms with van der Waals surface area (Å²) < 4.78 is 27.1. The molecule has 159 valence electrons. The van der Waals surface area contributed by atoms with Crippen LogP contribution in [-0.2, 0) is 60.4 Å². The van der Waals surface area contributed by atoms with Crippen molar-refractivity contribution in [2.45, 2.75) is 25.8 Å². The Bertz CT molecular complexity index is 1000. The second-order valence-electron chi connectivity index (χ2n) is 6.59. The third-order valence-corrected chi connectivity index (χ3v) is 5.56. The molecule has 0 fully saturated rings. The summed E-state index contributed by atoms with van der Waals surface area (Å²) in [6.45, 7) is 7.88. The van der Waals surface area contributed by atoms with Crippen LogP contribution in [0.3, 0.4) is 0 Å². The van der Waals surface area contributed by atoms with E-state index < -0.39 is 22.0 Å². The van der Waals surface area contributed by atoms with Crippen molar-refractivity contribution in [3.05, 3.63) is 84.1 Å². The Morgan fingerprint density at radius 3 is 2.27 bits per heavy atom. The van der Waals surface area contributed by atoms with Gasteiger partial charge in [-0.3, -0.25) is 10.0 Å². The number of Topliss-reactive ketones (excluding diaryl/α,β-unsaturated/α-hetero) is 1. The van der Waals surface area contributed by atoms with Gasteiger partial charge in [0.25, 0.3) is 5.91 Å². The molecule has 0 bridgehead atoms. The van der Waals surface area contributed by atoms with Crippen molar-refractivity contribution in [3.8, 4) is 0 Å². The smallest absolute Gasteiger partial charge is 0.274 e. The van der Waals surface area contributed by atoms with Gasteiger partial charge in [0.15, 0.2) is 10.0 Å². The number of hydrogen-bond donors (Lipinski definition) is 3. The third kappa shape index (κ3) is 6.72. The van der Waals surface area contributed by atoms with Crippen LogP contribution in [0.5, 0.6) is 0 Å². The number of hydrogen-bond acceptors (Lipinski definition) is 5. The Balaban J connectivity index is 0.000000827. The normalized spacial score (nSPS) is 14.6. The van der Waals surface area contributed by atoms with E-state index in [0.717, 1.165) is 23.1 Å². The Hall–Kier alpha value is -1.58. The number of nitrogens with one attached hydrogen (secondary N) is 2. The van der Waals surface area contributed by atoms with Crippen LogP contribution in [0.2, 0.25) is 0 Å².